The minimum absolute atomic E-state index is 0.140. The summed E-state index contributed by atoms with van der Waals surface area (Å²) in [6, 6.07) is 4.34. The number of non-ortho nitro benzene ring substituents is 1. The summed E-state index contributed by atoms with van der Waals surface area (Å²) in [6.07, 6.45) is 0.525. The van der Waals surface area contributed by atoms with E-state index < -0.39 is 4.92 Å². The topological polar surface area (TPSA) is 88.9 Å². The van der Waals surface area contributed by atoms with Crippen LogP contribution in [-0.4, -0.2) is 14.9 Å². The first kappa shape index (κ1) is 10.3. The number of nitro benzene ring substituents is 1. The smallest absolute Gasteiger partial charge is 0.295 e. The highest BCUT2D eigenvalue weighted by atomic mass is 16.6. The molecule has 0 amide bonds. The third-order valence-electron chi connectivity index (χ3n) is 2.30. The van der Waals surface area contributed by atoms with Gasteiger partial charge in [0.2, 0.25) is 0 Å². The number of aromatic nitrogens is 2. The van der Waals surface area contributed by atoms with Crippen molar-refractivity contribution < 1.29 is 4.92 Å². The van der Waals surface area contributed by atoms with E-state index in [0.29, 0.717) is 12.2 Å². The number of nitro groups is 1. The lowest BCUT2D eigenvalue weighted by Crippen LogP contribution is -2.12. The standard InChI is InChI=1S/C10H9N3O3/c1-2-8-11-9-6(10(14)12-8)4-3-5-7(9)13(15)16/h3-5H,2H2,1H3,(H,11,12,14). The van der Waals surface area contributed by atoms with Gasteiger partial charge < -0.3 is 4.98 Å². The van der Waals surface area contributed by atoms with Gasteiger partial charge in [-0.2, -0.15) is 0 Å². The molecule has 1 aromatic carbocycles. The van der Waals surface area contributed by atoms with Gasteiger partial charge in [0, 0.05) is 12.5 Å². The van der Waals surface area contributed by atoms with Crippen molar-refractivity contribution in [2.75, 3.05) is 0 Å². The fourth-order valence-corrected chi connectivity index (χ4v) is 1.51. The maximum Gasteiger partial charge on any atom is 0.295 e. The summed E-state index contributed by atoms with van der Waals surface area (Å²) in [6.45, 7) is 1.82. The van der Waals surface area contributed by atoms with E-state index >= 15 is 0 Å². The molecule has 1 N–H and O–H groups in total. The molecule has 0 aliphatic rings. The second-order valence-electron chi connectivity index (χ2n) is 3.30. The molecule has 1 aromatic heterocycles. The van der Waals surface area contributed by atoms with Crippen LogP contribution in [0.25, 0.3) is 10.9 Å². The van der Waals surface area contributed by atoms with Crippen LogP contribution in [-0.2, 0) is 6.42 Å². The van der Waals surface area contributed by atoms with Crippen LogP contribution >= 0.6 is 0 Å². The molecule has 0 saturated heterocycles. The number of para-hydroxylation sites is 1. The molecule has 0 radical (unpaired) electrons. The Bertz CT molecular complexity index is 618. The normalized spacial score (nSPS) is 10.6. The van der Waals surface area contributed by atoms with Crippen molar-refractivity contribution in [2.45, 2.75) is 13.3 Å². The van der Waals surface area contributed by atoms with Crippen LogP contribution in [0.4, 0.5) is 5.69 Å². The lowest BCUT2D eigenvalue weighted by atomic mass is 10.2. The summed E-state index contributed by atoms with van der Waals surface area (Å²) >= 11 is 0. The Kier molecular flexibility index (Phi) is 2.40. The Balaban J connectivity index is 2.90. The number of fused-ring (bicyclic) bond motifs is 1. The summed E-state index contributed by atoms with van der Waals surface area (Å²) in [5, 5.41) is 11.0. The van der Waals surface area contributed by atoms with Crippen molar-refractivity contribution in [3.63, 3.8) is 0 Å². The number of benzene rings is 1. The highest BCUT2D eigenvalue weighted by Crippen LogP contribution is 2.20. The second kappa shape index (κ2) is 3.73. The zero-order valence-electron chi connectivity index (χ0n) is 8.56. The van der Waals surface area contributed by atoms with Crippen molar-refractivity contribution in [3.8, 4) is 0 Å². The number of aromatic amines is 1. The van der Waals surface area contributed by atoms with E-state index in [1.165, 1.54) is 18.2 Å². The van der Waals surface area contributed by atoms with E-state index in [4.69, 9.17) is 0 Å². The van der Waals surface area contributed by atoms with Gasteiger partial charge in [-0.15, -0.1) is 0 Å². The summed E-state index contributed by atoms with van der Waals surface area (Å²) in [5.41, 5.74) is -0.336. The molecule has 0 aliphatic carbocycles. The molecule has 0 aliphatic heterocycles. The van der Waals surface area contributed by atoms with Crippen LogP contribution in [0.15, 0.2) is 23.0 Å². The Labute approximate surface area is 90.1 Å². The van der Waals surface area contributed by atoms with Gasteiger partial charge in [-0.25, -0.2) is 4.98 Å². The molecule has 2 aromatic rings. The highest BCUT2D eigenvalue weighted by Gasteiger charge is 2.15. The van der Waals surface area contributed by atoms with Gasteiger partial charge in [-0.3, -0.25) is 14.9 Å². The molecule has 0 unspecified atom stereocenters. The summed E-state index contributed by atoms with van der Waals surface area (Å²) in [5.74, 6) is 0.451. The number of rotatable bonds is 2. The molecule has 0 bridgehead atoms. The molecule has 6 nitrogen and oxygen atoms in total. The minimum Gasteiger partial charge on any atom is -0.310 e. The quantitative estimate of drug-likeness (QED) is 0.610. The van der Waals surface area contributed by atoms with Gasteiger partial charge in [0.05, 0.1) is 10.3 Å². The lowest BCUT2D eigenvalue weighted by Gasteiger charge is -2.00. The van der Waals surface area contributed by atoms with Crippen molar-refractivity contribution in [3.05, 3.63) is 44.5 Å². The Morgan fingerprint density at radius 1 is 1.50 bits per heavy atom. The predicted octanol–water partition coefficient (Wildman–Crippen LogP) is 1.39. The van der Waals surface area contributed by atoms with E-state index in [-0.39, 0.29) is 22.1 Å². The first-order valence-corrected chi connectivity index (χ1v) is 4.79. The molecule has 1 heterocycles. The van der Waals surface area contributed by atoms with Crippen LogP contribution < -0.4 is 5.56 Å². The number of hydrogen-bond acceptors (Lipinski definition) is 4. The Morgan fingerprint density at radius 3 is 2.88 bits per heavy atom. The van der Waals surface area contributed by atoms with E-state index in [1.807, 2.05) is 6.92 Å². The maximum absolute atomic E-state index is 11.6. The molecular formula is C10H9N3O3. The average Bonchev–Trinajstić information content (AvgIpc) is 2.28. The van der Waals surface area contributed by atoms with E-state index in [2.05, 4.69) is 9.97 Å². The molecule has 2 rings (SSSR count). The fraction of sp³-hybridized carbons (Fsp3) is 0.200. The zero-order chi connectivity index (χ0) is 11.7. The first-order valence-electron chi connectivity index (χ1n) is 4.79. The molecule has 16 heavy (non-hydrogen) atoms. The fourth-order valence-electron chi connectivity index (χ4n) is 1.51. The monoisotopic (exact) mass is 219 g/mol. The molecule has 0 spiro atoms. The molecule has 0 atom stereocenters. The Morgan fingerprint density at radius 2 is 2.25 bits per heavy atom. The third kappa shape index (κ3) is 1.54. The van der Waals surface area contributed by atoms with Gasteiger partial charge in [0.25, 0.3) is 11.2 Å². The van der Waals surface area contributed by atoms with Crippen molar-refractivity contribution in [1.29, 1.82) is 0 Å². The number of hydrogen-bond donors (Lipinski definition) is 1. The van der Waals surface area contributed by atoms with Gasteiger partial charge in [0.15, 0.2) is 5.52 Å². The van der Waals surface area contributed by atoms with Crippen LogP contribution in [0.2, 0.25) is 0 Å². The highest BCUT2D eigenvalue weighted by molar-refractivity contribution is 5.86. The van der Waals surface area contributed by atoms with Crippen molar-refractivity contribution in [1.82, 2.24) is 9.97 Å². The van der Waals surface area contributed by atoms with Gasteiger partial charge in [0.1, 0.15) is 5.82 Å². The zero-order valence-corrected chi connectivity index (χ0v) is 8.56. The lowest BCUT2D eigenvalue weighted by molar-refractivity contribution is -0.383. The summed E-state index contributed by atoms with van der Waals surface area (Å²) in [7, 11) is 0. The van der Waals surface area contributed by atoms with E-state index in [9.17, 15) is 14.9 Å². The number of nitrogens with one attached hydrogen (secondary N) is 1. The van der Waals surface area contributed by atoms with Gasteiger partial charge >= 0.3 is 0 Å². The largest absolute Gasteiger partial charge is 0.310 e. The molecule has 6 heteroatoms. The summed E-state index contributed by atoms with van der Waals surface area (Å²) < 4.78 is 0. The van der Waals surface area contributed by atoms with Crippen molar-refractivity contribution >= 4 is 16.6 Å². The summed E-state index contributed by atoms with van der Waals surface area (Å²) in [4.78, 5) is 28.5. The second-order valence-corrected chi connectivity index (χ2v) is 3.30. The van der Waals surface area contributed by atoms with Crippen LogP contribution in [0.1, 0.15) is 12.7 Å². The van der Waals surface area contributed by atoms with E-state index in [1.54, 1.807) is 0 Å². The van der Waals surface area contributed by atoms with Crippen LogP contribution in [0.5, 0.6) is 0 Å². The number of H-pyrrole nitrogens is 1. The first-order chi connectivity index (χ1) is 7.63. The van der Waals surface area contributed by atoms with Gasteiger partial charge in [-0.1, -0.05) is 13.0 Å². The van der Waals surface area contributed by atoms with Crippen LogP contribution in [0, 0.1) is 10.1 Å². The molecule has 0 fully saturated rings. The average molecular weight is 219 g/mol. The molecular weight excluding hydrogens is 210 g/mol. The Hall–Kier alpha value is -2.24. The molecule has 82 valence electrons. The number of aryl methyl sites for hydroxylation is 1. The van der Waals surface area contributed by atoms with E-state index in [0.717, 1.165) is 0 Å². The molecule has 0 saturated carbocycles. The third-order valence-corrected chi connectivity index (χ3v) is 2.30. The maximum atomic E-state index is 11.6. The minimum atomic E-state index is -0.534. The van der Waals surface area contributed by atoms with Crippen molar-refractivity contribution in [2.24, 2.45) is 0 Å². The SMILES string of the molecule is CCc1nc2c([N+](=O)[O-])cccc2c(=O)[nH]1. The predicted molar refractivity (Wildman–Crippen MR) is 58.4 cm³/mol. The number of nitrogens with zero attached hydrogens (tertiary/aromatic N) is 2. The van der Waals surface area contributed by atoms with Crippen LogP contribution in [0.3, 0.4) is 0 Å². The van der Waals surface area contributed by atoms with Gasteiger partial charge in [-0.05, 0) is 6.07 Å².